The van der Waals surface area contributed by atoms with Crippen molar-refractivity contribution in [3.05, 3.63) is 22.6 Å². The number of aldehydes is 1. The molecule has 0 bridgehead atoms. The summed E-state index contributed by atoms with van der Waals surface area (Å²) in [4.78, 5) is 31.6. The van der Waals surface area contributed by atoms with Crippen LogP contribution in [0.15, 0.2) is 4.42 Å². The van der Waals surface area contributed by atoms with Crippen molar-refractivity contribution < 1.29 is 29.0 Å². The summed E-state index contributed by atoms with van der Waals surface area (Å²) in [5.74, 6) is -3.12. The molecule has 80 valence electrons. The van der Waals surface area contributed by atoms with E-state index < -0.39 is 24.1 Å². The molecule has 6 nitrogen and oxygen atoms in total. The Kier molecular flexibility index (Phi) is 2.89. The molecule has 0 saturated carbocycles. The highest BCUT2D eigenvalue weighted by Gasteiger charge is 2.22. The van der Waals surface area contributed by atoms with Crippen molar-refractivity contribution in [2.45, 2.75) is 13.3 Å². The van der Waals surface area contributed by atoms with Gasteiger partial charge in [0.2, 0.25) is 5.76 Å². The van der Waals surface area contributed by atoms with Gasteiger partial charge in [0.25, 0.3) is 0 Å². The van der Waals surface area contributed by atoms with Gasteiger partial charge in [0.1, 0.15) is 0 Å². The van der Waals surface area contributed by atoms with Gasteiger partial charge in [-0.1, -0.05) is 0 Å². The number of carbonyl (C=O) groups excluding carboxylic acids is 1. The Balaban J connectivity index is 3.29. The molecule has 1 aromatic rings. The number of aromatic carboxylic acids is 1. The molecule has 0 amide bonds. The van der Waals surface area contributed by atoms with Crippen molar-refractivity contribution in [2.75, 3.05) is 0 Å². The van der Waals surface area contributed by atoms with Crippen molar-refractivity contribution in [1.82, 2.24) is 0 Å². The standard InChI is InChI=1S/C9H8O6/c1-4-5(2-7(11)12)6(3-10)15-8(4)9(13)14/h3H,2H2,1H3,(H,11,12)(H,13,14). The van der Waals surface area contributed by atoms with E-state index in [9.17, 15) is 14.4 Å². The summed E-state index contributed by atoms with van der Waals surface area (Å²) in [5, 5.41) is 17.2. The fourth-order valence-corrected chi connectivity index (χ4v) is 1.24. The molecule has 1 rings (SSSR count). The summed E-state index contributed by atoms with van der Waals surface area (Å²) < 4.78 is 4.73. The Labute approximate surface area is 84.1 Å². The zero-order valence-corrected chi connectivity index (χ0v) is 7.81. The van der Waals surface area contributed by atoms with E-state index in [1.165, 1.54) is 6.92 Å². The number of carboxylic acids is 2. The highest BCUT2D eigenvalue weighted by molar-refractivity contribution is 5.90. The van der Waals surface area contributed by atoms with Crippen molar-refractivity contribution in [1.29, 1.82) is 0 Å². The minimum atomic E-state index is -1.33. The minimum absolute atomic E-state index is 0.106. The summed E-state index contributed by atoms with van der Waals surface area (Å²) in [6.07, 6.45) is -0.131. The van der Waals surface area contributed by atoms with Gasteiger partial charge in [0.15, 0.2) is 12.0 Å². The van der Waals surface area contributed by atoms with Crippen LogP contribution < -0.4 is 0 Å². The molecule has 0 spiro atoms. The van der Waals surface area contributed by atoms with E-state index in [4.69, 9.17) is 14.6 Å². The highest BCUT2D eigenvalue weighted by atomic mass is 16.4. The van der Waals surface area contributed by atoms with Crippen LogP contribution in [0.3, 0.4) is 0 Å². The summed E-state index contributed by atoms with van der Waals surface area (Å²) in [6.45, 7) is 1.40. The molecule has 0 radical (unpaired) electrons. The predicted octanol–water partition coefficient (Wildman–Crippen LogP) is 0.726. The molecule has 0 saturated heterocycles. The van der Waals surface area contributed by atoms with Crippen LogP contribution >= 0.6 is 0 Å². The number of hydrogen-bond donors (Lipinski definition) is 2. The van der Waals surface area contributed by atoms with Crippen molar-refractivity contribution in [3.8, 4) is 0 Å². The van der Waals surface area contributed by atoms with Crippen LogP contribution in [0.5, 0.6) is 0 Å². The monoisotopic (exact) mass is 212 g/mol. The van der Waals surface area contributed by atoms with Gasteiger partial charge in [0.05, 0.1) is 6.42 Å². The molecule has 0 atom stereocenters. The van der Waals surface area contributed by atoms with Crippen LogP contribution in [0.4, 0.5) is 0 Å². The number of carbonyl (C=O) groups is 3. The maximum atomic E-state index is 10.6. The van der Waals surface area contributed by atoms with Crippen LogP contribution in [0, 0.1) is 6.92 Å². The lowest BCUT2D eigenvalue weighted by Gasteiger charge is -1.94. The molecular weight excluding hydrogens is 204 g/mol. The van der Waals surface area contributed by atoms with Crippen LogP contribution in [0.1, 0.15) is 32.2 Å². The van der Waals surface area contributed by atoms with Gasteiger partial charge >= 0.3 is 11.9 Å². The number of furan rings is 1. The first kappa shape index (κ1) is 11.0. The Hall–Kier alpha value is -2.11. The van der Waals surface area contributed by atoms with E-state index in [0.717, 1.165) is 0 Å². The molecule has 6 heteroatoms. The van der Waals surface area contributed by atoms with Gasteiger partial charge in [-0.25, -0.2) is 4.79 Å². The third-order valence-corrected chi connectivity index (χ3v) is 1.93. The summed E-state index contributed by atoms with van der Waals surface area (Å²) >= 11 is 0. The van der Waals surface area contributed by atoms with E-state index >= 15 is 0 Å². The second-order valence-corrected chi connectivity index (χ2v) is 2.89. The van der Waals surface area contributed by atoms with Gasteiger partial charge < -0.3 is 14.6 Å². The first-order valence-corrected chi connectivity index (χ1v) is 4.00. The third kappa shape index (κ3) is 2.04. The number of carboxylic acid groups (broad SMARTS) is 2. The van der Waals surface area contributed by atoms with Crippen LogP contribution in [0.25, 0.3) is 0 Å². The topological polar surface area (TPSA) is 105 Å². The first-order chi connectivity index (χ1) is 6.97. The lowest BCUT2D eigenvalue weighted by Crippen LogP contribution is -2.03. The Morgan fingerprint density at radius 2 is 2.00 bits per heavy atom. The minimum Gasteiger partial charge on any atom is -0.481 e. The lowest BCUT2D eigenvalue weighted by molar-refractivity contribution is -0.136. The molecule has 0 fully saturated rings. The van der Waals surface area contributed by atoms with Gasteiger partial charge in [0, 0.05) is 11.1 Å². The second kappa shape index (κ2) is 3.95. The molecule has 0 aliphatic carbocycles. The summed E-state index contributed by atoms with van der Waals surface area (Å²) in [5.41, 5.74) is 0.280. The molecule has 15 heavy (non-hydrogen) atoms. The summed E-state index contributed by atoms with van der Waals surface area (Å²) in [6, 6.07) is 0. The smallest absolute Gasteiger partial charge is 0.372 e. The SMILES string of the molecule is Cc1c(C(=O)O)oc(C=O)c1CC(=O)O. The Morgan fingerprint density at radius 1 is 1.40 bits per heavy atom. The van der Waals surface area contributed by atoms with E-state index in [1.54, 1.807) is 0 Å². The molecule has 0 aliphatic heterocycles. The largest absolute Gasteiger partial charge is 0.481 e. The Morgan fingerprint density at radius 3 is 2.40 bits per heavy atom. The Bertz CT molecular complexity index is 428. The van der Waals surface area contributed by atoms with Crippen LogP contribution in [-0.2, 0) is 11.2 Å². The number of aliphatic carboxylic acids is 1. The van der Waals surface area contributed by atoms with Gasteiger partial charge in [-0.15, -0.1) is 0 Å². The maximum absolute atomic E-state index is 10.6. The van der Waals surface area contributed by atoms with E-state index in [2.05, 4.69) is 0 Å². The molecule has 0 aliphatic rings. The van der Waals surface area contributed by atoms with E-state index in [1.807, 2.05) is 0 Å². The maximum Gasteiger partial charge on any atom is 0.372 e. The number of rotatable bonds is 4. The van der Waals surface area contributed by atoms with E-state index in [-0.39, 0.29) is 16.9 Å². The third-order valence-electron chi connectivity index (χ3n) is 1.93. The fraction of sp³-hybridized carbons (Fsp3) is 0.222. The predicted molar refractivity (Wildman–Crippen MR) is 47.1 cm³/mol. The van der Waals surface area contributed by atoms with Gasteiger partial charge in [-0.05, 0) is 6.92 Å². The fourth-order valence-electron chi connectivity index (χ4n) is 1.24. The molecular formula is C9H8O6. The van der Waals surface area contributed by atoms with Gasteiger partial charge in [-0.2, -0.15) is 0 Å². The van der Waals surface area contributed by atoms with Crippen molar-refractivity contribution >= 4 is 18.2 Å². The average molecular weight is 212 g/mol. The second-order valence-electron chi connectivity index (χ2n) is 2.89. The average Bonchev–Trinajstić information content (AvgIpc) is 2.43. The van der Waals surface area contributed by atoms with E-state index in [0.29, 0.717) is 6.29 Å². The van der Waals surface area contributed by atoms with Gasteiger partial charge in [-0.3, -0.25) is 9.59 Å². The molecule has 2 N–H and O–H groups in total. The lowest BCUT2D eigenvalue weighted by atomic mass is 10.1. The quantitative estimate of drug-likeness (QED) is 0.712. The number of hydrogen-bond acceptors (Lipinski definition) is 4. The molecule has 1 aromatic heterocycles. The van der Waals surface area contributed by atoms with Crippen LogP contribution in [-0.4, -0.2) is 28.4 Å². The zero-order chi connectivity index (χ0) is 11.6. The highest BCUT2D eigenvalue weighted by Crippen LogP contribution is 2.21. The molecule has 1 heterocycles. The molecule has 0 unspecified atom stereocenters. The first-order valence-electron chi connectivity index (χ1n) is 4.00. The molecule has 0 aromatic carbocycles. The normalized spacial score (nSPS) is 9.93. The van der Waals surface area contributed by atoms with Crippen molar-refractivity contribution in [2.24, 2.45) is 0 Å². The van der Waals surface area contributed by atoms with Crippen LogP contribution in [0.2, 0.25) is 0 Å². The zero-order valence-electron chi connectivity index (χ0n) is 7.81. The van der Waals surface area contributed by atoms with Crippen molar-refractivity contribution in [3.63, 3.8) is 0 Å². The summed E-state index contributed by atoms with van der Waals surface area (Å²) in [7, 11) is 0.